The lowest BCUT2D eigenvalue weighted by molar-refractivity contribution is -0.137. The van der Waals surface area contributed by atoms with Crippen LogP contribution < -0.4 is 0 Å². The Bertz CT molecular complexity index is 1190. The molecule has 2 aromatic carbocycles. The number of rotatable bonds is 4. The van der Waals surface area contributed by atoms with Crippen molar-refractivity contribution in [2.24, 2.45) is 0 Å². The number of halogens is 3. The zero-order valence-electron chi connectivity index (χ0n) is 18.7. The van der Waals surface area contributed by atoms with E-state index in [0.29, 0.717) is 25.2 Å². The van der Waals surface area contributed by atoms with Gasteiger partial charge in [-0.05, 0) is 44.2 Å². The second-order valence-electron chi connectivity index (χ2n) is 8.32. The minimum atomic E-state index is -4.49. The van der Waals surface area contributed by atoms with E-state index in [1.54, 1.807) is 21.9 Å². The summed E-state index contributed by atoms with van der Waals surface area (Å²) in [6.07, 6.45) is -4.64. The van der Waals surface area contributed by atoms with Crippen molar-refractivity contribution in [3.8, 4) is 11.5 Å². The normalized spacial score (nSPS) is 16.6. The molecule has 1 fully saturated rings. The van der Waals surface area contributed by atoms with E-state index >= 15 is 0 Å². The van der Waals surface area contributed by atoms with Gasteiger partial charge in [0.05, 0.1) is 12.0 Å². The molecular weight excluding hydrogens is 449 g/mol. The van der Waals surface area contributed by atoms with Crippen LogP contribution in [0, 0.1) is 6.92 Å². The van der Waals surface area contributed by atoms with Crippen LogP contribution in [0.5, 0.6) is 0 Å². The largest absolute Gasteiger partial charge is 0.416 e. The zero-order valence-corrected chi connectivity index (χ0v) is 18.7. The van der Waals surface area contributed by atoms with Crippen molar-refractivity contribution < 1.29 is 27.3 Å². The SMILES string of the molecule is Cc1ccc(C(=O)N2CCN(C(=O)Cc3noc(-c4cccc(C(F)(F)F)c4)n3)CC2C)cc1. The summed E-state index contributed by atoms with van der Waals surface area (Å²) >= 11 is 0. The molecule has 0 aliphatic carbocycles. The van der Waals surface area contributed by atoms with Crippen LogP contribution in [0.3, 0.4) is 0 Å². The van der Waals surface area contributed by atoms with Crippen LogP contribution in [0.4, 0.5) is 13.2 Å². The fourth-order valence-corrected chi connectivity index (χ4v) is 3.87. The second kappa shape index (κ2) is 9.28. The Kier molecular flexibility index (Phi) is 6.41. The predicted molar refractivity (Wildman–Crippen MR) is 117 cm³/mol. The molecule has 1 unspecified atom stereocenters. The van der Waals surface area contributed by atoms with E-state index in [0.717, 1.165) is 17.7 Å². The number of piperazine rings is 1. The monoisotopic (exact) mass is 472 g/mol. The molecule has 1 atom stereocenters. The average Bonchev–Trinajstić information content (AvgIpc) is 3.27. The fourth-order valence-electron chi connectivity index (χ4n) is 3.87. The summed E-state index contributed by atoms with van der Waals surface area (Å²) in [6, 6.07) is 11.7. The maximum absolute atomic E-state index is 12.9. The van der Waals surface area contributed by atoms with Crippen molar-refractivity contribution in [1.82, 2.24) is 19.9 Å². The first-order chi connectivity index (χ1) is 16.1. The van der Waals surface area contributed by atoms with E-state index in [4.69, 9.17) is 4.52 Å². The van der Waals surface area contributed by atoms with Crippen molar-refractivity contribution in [2.45, 2.75) is 32.5 Å². The summed E-state index contributed by atoms with van der Waals surface area (Å²) in [5.41, 5.74) is 0.967. The van der Waals surface area contributed by atoms with Gasteiger partial charge >= 0.3 is 6.18 Å². The first kappa shape index (κ1) is 23.5. The molecule has 3 aromatic rings. The van der Waals surface area contributed by atoms with Gasteiger partial charge in [-0.3, -0.25) is 9.59 Å². The van der Waals surface area contributed by atoms with Gasteiger partial charge in [0.1, 0.15) is 0 Å². The van der Waals surface area contributed by atoms with Crippen molar-refractivity contribution >= 4 is 11.8 Å². The molecule has 7 nitrogen and oxygen atoms in total. The standard InChI is InChI=1S/C24H23F3N4O3/c1-15-6-8-17(9-7-15)23(33)31-11-10-30(14-16(31)2)21(32)13-20-28-22(34-29-20)18-4-3-5-19(12-18)24(25,26)27/h3-9,12,16H,10-11,13-14H2,1-2H3. The van der Waals surface area contributed by atoms with Crippen LogP contribution >= 0.6 is 0 Å². The third-order valence-corrected chi connectivity index (χ3v) is 5.75. The van der Waals surface area contributed by atoms with Gasteiger partial charge in [-0.1, -0.05) is 28.9 Å². The van der Waals surface area contributed by atoms with Crippen molar-refractivity contribution in [3.05, 3.63) is 71.0 Å². The van der Waals surface area contributed by atoms with Crippen LogP contribution in [-0.4, -0.2) is 57.4 Å². The molecule has 1 saturated heterocycles. The van der Waals surface area contributed by atoms with Gasteiger partial charge in [0.25, 0.3) is 11.8 Å². The lowest BCUT2D eigenvalue weighted by Crippen LogP contribution is -2.55. The molecule has 0 spiro atoms. The van der Waals surface area contributed by atoms with E-state index in [1.807, 2.05) is 26.0 Å². The number of carbonyl (C=O) groups is 2. The Balaban J connectivity index is 1.38. The van der Waals surface area contributed by atoms with Crippen LogP contribution in [0.15, 0.2) is 53.1 Å². The molecule has 2 amide bonds. The highest BCUT2D eigenvalue weighted by molar-refractivity contribution is 5.94. The van der Waals surface area contributed by atoms with Gasteiger partial charge in [-0.25, -0.2) is 0 Å². The molecule has 34 heavy (non-hydrogen) atoms. The summed E-state index contributed by atoms with van der Waals surface area (Å²) in [5.74, 6) is -0.326. The molecule has 0 radical (unpaired) electrons. The van der Waals surface area contributed by atoms with Crippen LogP contribution in [0.1, 0.15) is 34.2 Å². The number of alkyl halides is 3. The maximum Gasteiger partial charge on any atom is 0.416 e. The Morgan fingerprint density at radius 3 is 2.53 bits per heavy atom. The van der Waals surface area contributed by atoms with E-state index in [2.05, 4.69) is 10.1 Å². The number of amides is 2. The van der Waals surface area contributed by atoms with Crippen molar-refractivity contribution in [3.63, 3.8) is 0 Å². The molecule has 2 heterocycles. The Morgan fingerprint density at radius 2 is 1.85 bits per heavy atom. The molecule has 4 rings (SSSR count). The minimum absolute atomic E-state index is 0.0801. The van der Waals surface area contributed by atoms with Gasteiger partial charge in [-0.2, -0.15) is 18.2 Å². The fraction of sp³-hybridized carbons (Fsp3) is 0.333. The summed E-state index contributed by atoms with van der Waals surface area (Å²) in [7, 11) is 0. The summed E-state index contributed by atoms with van der Waals surface area (Å²) in [5, 5.41) is 3.75. The molecule has 178 valence electrons. The van der Waals surface area contributed by atoms with Crippen LogP contribution in [0.25, 0.3) is 11.5 Å². The first-order valence-corrected chi connectivity index (χ1v) is 10.8. The van der Waals surface area contributed by atoms with Gasteiger partial charge < -0.3 is 14.3 Å². The number of carbonyl (C=O) groups excluding carboxylic acids is 2. The number of hydrogen-bond donors (Lipinski definition) is 0. The topological polar surface area (TPSA) is 79.5 Å². The van der Waals surface area contributed by atoms with Crippen LogP contribution in [0.2, 0.25) is 0 Å². The smallest absolute Gasteiger partial charge is 0.338 e. The Labute approximate surface area is 194 Å². The van der Waals surface area contributed by atoms with Crippen LogP contribution in [-0.2, 0) is 17.4 Å². The molecule has 1 aromatic heterocycles. The van der Waals surface area contributed by atoms with Crippen molar-refractivity contribution in [1.29, 1.82) is 0 Å². The molecule has 0 saturated carbocycles. The summed E-state index contributed by atoms with van der Waals surface area (Å²) in [4.78, 5) is 33.1. The Hall–Kier alpha value is -3.69. The lowest BCUT2D eigenvalue weighted by atomic mass is 10.1. The molecule has 10 heteroatoms. The number of aryl methyl sites for hydroxylation is 1. The van der Waals surface area contributed by atoms with Crippen molar-refractivity contribution in [2.75, 3.05) is 19.6 Å². The number of benzene rings is 2. The van der Waals surface area contributed by atoms with Gasteiger partial charge in [0, 0.05) is 36.8 Å². The summed E-state index contributed by atoms with van der Waals surface area (Å²) < 4.78 is 43.9. The van der Waals surface area contributed by atoms with E-state index < -0.39 is 11.7 Å². The van der Waals surface area contributed by atoms with E-state index in [-0.39, 0.29) is 41.6 Å². The highest BCUT2D eigenvalue weighted by Gasteiger charge is 2.32. The first-order valence-electron chi connectivity index (χ1n) is 10.8. The maximum atomic E-state index is 12.9. The number of nitrogens with zero attached hydrogens (tertiary/aromatic N) is 4. The minimum Gasteiger partial charge on any atom is -0.338 e. The number of hydrogen-bond acceptors (Lipinski definition) is 5. The van der Waals surface area contributed by atoms with E-state index in [1.165, 1.54) is 12.1 Å². The zero-order chi connectivity index (χ0) is 24.5. The molecule has 0 bridgehead atoms. The third-order valence-electron chi connectivity index (χ3n) is 5.75. The predicted octanol–water partition coefficient (Wildman–Crippen LogP) is 3.98. The second-order valence-corrected chi connectivity index (χ2v) is 8.32. The molecule has 1 aliphatic rings. The van der Waals surface area contributed by atoms with Gasteiger partial charge in [-0.15, -0.1) is 0 Å². The van der Waals surface area contributed by atoms with Gasteiger partial charge in [0.2, 0.25) is 5.91 Å². The lowest BCUT2D eigenvalue weighted by Gasteiger charge is -2.39. The average molecular weight is 472 g/mol. The third kappa shape index (κ3) is 5.11. The quantitative estimate of drug-likeness (QED) is 0.574. The number of aromatic nitrogens is 2. The molecule has 1 aliphatic heterocycles. The summed E-state index contributed by atoms with van der Waals surface area (Å²) in [6.45, 7) is 4.94. The molecule has 0 N–H and O–H groups in total. The van der Waals surface area contributed by atoms with E-state index in [9.17, 15) is 22.8 Å². The Morgan fingerprint density at radius 1 is 1.12 bits per heavy atom. The highest BCUT2D eigenvalue weighted by Crippen LogP contribution is 2.31. The highest BCUT2D eigenvalue weighted by atomic mass is 19.4. The van der Waals surface area contributed by atoms with Gasteiger partial charge in [0.15, 0.2) is 5.82 Å². The molecular formula is C24H23F3N4O3.